The van der Waals surface area contributed by atoms with E-state index in [1.165, 1.54) is 0 Å². The molecule has 1 aromatic carbocycles. The Morgan fingerprint density at radius 3 is 3.04 bits per heavy atom. The third-order valence-corrected chi connectivity index (χ3v) is 4.27. The number of hydrogen-bond acceptors (Lipinski definition) is 4. The average Bonchev–Trinajstić information content (AvgIpc) is 3.22. The smallest absolute Gasteiger partial charge is 0.315 e. The monoisotopic (exact) mass is 349 g/mol. The Morgan fingerprint density at radius 2 is 2.15 bits per heavy atom. The number of urea groups is 1. The number of nitrogens with one attached hydrogen (secondary N) is 2. The molecule has 2 amide bonds. The highest BCUT2D eigenvalue weighted by Crippen LogP contribution is 2.31. The van der Waals surface area contributed by atoms with Crippen molar-refractivity contribution in [3.8, 4) is 11.6 Å². The van der Waals surface area contributed by atoms with Crippen LogP contribution in [0.25, 0.3) is 5.82 Å². The van der Waals surface area contributed by atoms with Crippen LogP contribution in [-0.2, 0) is 6.54 Å². The minimum Gasteiger partial charge on any atom is -0.493 e. The molecule has 1 aliphatic rings. The van der Waals surface area contributed by atoms with Crippen molar-refractivity contribution in [2.24, 2.45) is 0 Å². The number of fused-ring (bicyclic) bond motifs is 1. The number of aromatic nitrogens is 3. The Hall–Kier alpha value is -3.35. The predicted molar refractivity (Wildman–Crippen MR) is 96.0 cm³/mol. The molecule has 0 saturated heterocycles. The molecule has 0 aliphatic carbocycles. The largest absolute Gasteiger partial charge is 0.493 e. The van der Waals surface area contributed by atoms with Gasteiger partial charge < -0.3 is 15.4 Å². The van der Waals surface area contributed by atoms with Crippen LogP contribution < -0.4 is 15.4 Å². The summed E-state index contributed by atoms with van der Waals surface area (Å²) < 4.78 is 7.31. The molecule has 0 unspecified atom stereocenters. The van der Waals surface area contributed by atoms with Gasteiger partial charge in [-0.25, -0.2) is 14.5 Å². The Morgan fingerprint density at radius 1 is 1.23 bits per heavy atom. The van der Waals surface area contributed by atoms with Gasteiger partial charge in [-0.3, -0.25) is 0 Å². The SMILES string of the molecule is O=C(NCc1ccnc(-n2cccn2)c1)N[C@@H]1CCOc2ccccc21. The maximum atomic E-state index is 12.3. The van der Waals surface area contributed by atoms with Crippen molar-refractivity contribution in [1.82, 2.24) is 25.4 Å². The first kappa shape index (κ1) is 16.1. The van der Waals surface area contributed by atoms with E-state index in [4.69, 9.17) is 4.74 Å². The van der Waals surface area contributed by atoms with Crippen molar-refractivity contribution in [2.75, 3.05) is 6.61 Å². The van der Waals surface area contributed by atoms with Gasteiger partial charge in [0.05, 0.1) is 12.6 Å². The van der Waals surface area contributed by atoms with E-state index < -0.39 is 0 Å². The van der Waals surface area contributed by atoms with E-state index in [0.717, 1.165) is 23.3 Å². The quantitative estimate of drug-likeness (QED) is 0.759. The zero-order valence-electron chi connectivity index (χ0n) is 14.1. The Labute approximate surface area is 151 Å². The minimum absolute atomic E-state index is 0.0444. The van der Waals surface area contributed by atoms with Crippen molar-refractivity contribution in [3.05, 3.63) is 72.2 Å². The molecule has 3 heterocycles. The Balaban J connectivity index is 1.37. The molecule has 4 rings (SSSR count). The van der Waals surface area contributed by atoms with E-state index >= 15 is 0 Å². The number of nitrogens with zero attached hydrogens (tertiary/aromatic N) is 3. The van der Waals surface area contributed by atoms with E-state index in [1.807, 2.05) is 48.7 Å². The molecule has 26 heavy (non-hydrogen) atoms. The zero-order valence-corrected chi connectivity index (χ0v) is 14.1. The van der Waals surface area contributed by atoms with E-state index in [1.54, 1.807) is 17.1 Å². The van der Waals surface area contributed by atoms with Crippen LogP contribution in [0.5, 0.6) is 5.75 Å². The third-order valence-electron chi connectivity index (χ3n) is 4.27. The molecule has 7 nitrogen and oxygen atoms in total. The molecule has 0 spiro atoms. The molecule has 0 fully saturated rings. The normalized spacial score (nSPS) is 15.6. The standard InChI is InChI=1S/C19H19N5O2/c25-19(23-16-7-11-26-17-5-2-1-4-15(16)17)21-13-14-6-9-20-18(12-14)24-10-3-8-22-24/h1-6,8-10,12,16H,7,11,13H2,(H2,21,23,25)/t16-/m1/s1. The first-order valence-corrected chi connectivity index (χ1v) is 8.50. The van der Waals surface area contributed by atoms with Gasteiger partial charge in [0.15, 0.2) is 5.82 Å². The molecule has 1 aliphatic heterocycles. The summed E-state index contributed by atoms with van der Waals surface area (Å²) in [6, 6.07) is 13.2. The lowest BCUT2D eigenvalue weighted by Gasteiger charge is -2.26. The van der Waals surface area contributed by atoms with Gasteiger partial charge in [-0.15, -0.1) is 0 Å². The van der Waals surface area contributed by atoms with E-state index in [0.29, 0.717) is 19.0 Å². The fourth-order valence-electron chi connectivity index (χ4n) is 2.98. The molecule has 2 N–H and O–H groups in total. The average molecular weight is 349 g/mol. The summed E-state index contributed by atoms with van der Waals surface area (Å²) in [6.07, 6.45) is 5.99. The molecular formula is C19H19N5O2. The number of hydrogen-bond donors (Lipinski definition) is 2. The number of amides is 2. The fraction of sp³-hybridized carbons (Fsp3) is 0.211. The Bertz CT molecular complexity index is 894. The number of rotatable bonds is 4. The van der Waals surface area contributed by atoms with Crippen LogP contribution in [0.15, 0.2) is 61.1 Å². The summed E-state index contributed by atoms with van der Waals surface area (Å²) in [6.45, 7) is 1.01. The second kappa shape index (κ2) is 7.26. The second-order valence-corrected chi connectivity index (χ2v) is 6.03. The maximum Gasteiger partial charge on any atom is 0.315 e. The zero-order chi connectivity index (χ0) is 17.8. The van der Waals surface area contributed by atoms with Crippen LogP contribution in [0.2, 0.25) is 0 Å². The number of para-hydroxylation sites is 1. The summed E-state index contributed by atoms with van der Waals surface area (Å²) in [5, 5.41) is 10.1. The van der Waals surface area contributed by atoms with Gasteiger partial charge in [-0.05, 0) is 29.8 Å². The predicted octanol–water partition coefficient (Wildman–Crippen LogP) is 2.59. The van der Waals surface area contributed by atoms with E-state index in [2.05, 4.69) is 20.7 Å². The summed E-state index contributed by atoms with van der Waals surface area (Å²) in [5.41, 5.74) is 1.96. The summed E-state index contributed by atoms with van der Waals surface area (Å²) in [4.78, 5) is 16.6. The van der Waals surface area contributed by atoms with Crippen LogP contribution in [-0.4, -0.2) is 27.4 Å². The van der Waals surface area contributed by atoms with E-state index in [-0.39, 0.29) is 12.1 Å². The topological polar surface area (TPSA) is 81.1 Å². The van der Waals surface area contributed by atoms with Crippen molar-refractivity contribution < 1.29 is 9.53 Å². The molecule has 1 atom stereocenters. The van der Waals surface area contributed by atoms with Gasteiger partial charge in [0, 0.05) is 37.1 Å². The van der Waals surface area contributed by atoms with Crippen molar-refractivity contribution in [2.45, 2.75) is 19.0 Å². The fourth-order valence-corrected chi connectivity index (χ4v) is 2.98. The first-order chi connectivity index (χ1) is 12.8. The molecule has 0 radical (unpaired) electrons. The van der Waals surface area contributed by atoms with Crippen LogP contribution in [0.1, 0.15) is 23.6 Å². The summed E-state index contributed by atoms with van der Waals surface area (Å²) in [7, 11) is 0. The number of carbonyl (C=O) groups excluding carboxylic acids is 1. The van der Waals surface area contributed by atoms with Crippen LogP contribution >= 0.6 is 0 Å². The molecule has 132 valence electrons. The first-order valence-electron chi connectivity index (χ1n) is 8.50. The van der Waals surface area contributed by atoms with Gasteiger partial charge in [0.2, 0.25) is 0 Å². The van der Waals surface area contributed by atoms with Crippen molar-refractivity contribution in [1.29, 1.82) is 0 Å². The molecule has 7 heteroatoms. The summed E-state index contributed by atoms with van der Waals surface area (Å²) >= 11 is 0. The highest BCUT2D eigenvalue weighted by Gasteiger charge is 2.22. The maximum absolute atomic E-state index is 12.3. The lowest BCUT2D eigenvalue weighted by Crippen LogP contribution is -2.39. The van der Waals surface area contributed by atoms with E-state index in [9.17, 15) is 4.79 Å². The van der Waals surface area contributed by atoms with Crippen molar-refractivity contribution >= 4 is 6.03 Å². The second-order valence-electron chi connectivity index (χ2n) is 6.03. The van der Waals surface area contributed by atoms with Gasteiger partial charge in [0.1, 0.15) is 5.75 Å². The number of pyridine rings is 1. The molecule has 0 saturated carbocycles. The Kier molecular flexibility index (Phi) is 4.51. The van der Waals surface area contributed by atoms with Crippen LogP contribution in [0, 0.1) is 0 Å². The van der Waals surface area contributed by atoms with Crippen LogP contribution in [0.4, 0.5) is 4.79 Å². The molecule has 2 aromatic heterocycles. The molecule has 3 aromatic rings. The lowest BCUT2D eigenvalue weighted by atomic mass is 10.0. The lowest BCUT2D eigenvalue weighted by molar-refractivity contribution is 0.223. The van der Waals surface area contributed by atoms with Crippen molar-refractivity contribution in [3.63, 3.8) is 0 Å². The number of carbonyl (C=O) groups is 1. The highest BCUT2D eigenvalue weighted by molar-refractivity contribution is 5.74. The molecule has 0 bridgehead atoms. The summed E-state index contributed by atoms with van der Waals surface area (Å²) in [5.74, 6) is 1.55. The minimum atomic E-state index is -0.204. The van der Waals surface area contributed by atoms with Gasteiger partial charge in [-0.2, -0.15) is 5.10 Å². The molecular weight excluding hydrogens is 330 g/mol. The van der Waals surface area contributed by atoms with Gasteiger partial charge in [0.25, 0.3) is 0 Å². The number of ether oxygens (including phenoxy) is 1. The number of benzene rings is 1. The van der Waals surface area contributed by atoms with Gasteiger partial charge >= 0.3 is 6.03 Å². The highest BCUT2D eigenvalue weighted by atomic mass is 16.5. The third kappa shape index (κ3) is 3.51. The van der Waals surface area contributed by atoms with Crippen LogP contribution in [0.3, 0.4) is 0 Å². The van der Waals surface area contributed by atoms with Gasteiger partial charge in [-0.1, -0.05) is 18.2 Å².